The molecule has 0 spiro atoms. The zero-order valence-electron chi connectivity index (χ0n) is 9.56. The van der Waals surface area contributed by atoms with Gasteiger partial charge in [-0.25, -0.2) is 8.42 Å². The number of benzene rings is 1. The van der Waals surface area contributed by atoms with Crippen molar-refractivity contribution in [2.45, 2.75) is 30.7 Å². The Morgan fingerprint density at radius 3 is 2.59 bits per heavy atom. The van der Waals surface area contributed by atoms with E-state index in [9.17, 15) is 8.42 Å². The molecule has 1 aliphatic rings. The number of anilines is 1. The predicted molar refractivity (Wildman–Crippen MR) is 68.5 cm³/mol. The van der Waals surface area contributed by atoms with Crippen molar-refractivity contribution in [2.24, 2.45) is 0 Å². The van der Waals surface area contributed by atoms with Gasteiger partial charge in [0.15, 0.2) is 0 Å². The van der Waals surface area contributed by atoms with Crippen LogP contribution >= 0.6 is 11.6 Å². The van der Waals surface area contributed by atoms with Crippen LogP contribution in [0.1, 0.15) is 19.8 Å². The normalized spacial score (nSPS) is 16.4. The second-order valence-electron chi connectivity index (χ2n) is 4.12. The quantitative estimate of drug-likeness (QED) is 0.855. The molecule has 1 aromatic carbocycles. The van der Waals surface area contributed by atoms with Crippen molar-refractivity contribution in [3.63, 3.8) is 0 Å². The number of nitrogens with zero attached hydrogens (tertiary/aromatic N) is 1. The van der Waals surface area contributed by atoms with Crippen molar-refractivity contribution >= 4 is 27.3 Å². The number of hydrogen-bond donors (Lipinski definition) is 1. The smallest absolute Gasteiger partial charge is 0.243 e. The number of halogens is 1. The van der Waals surface area contributed by atoms with Crippen LogP contribution in [0.5, 0.6) is 0 Å². The molecule has 17 heavy (non-hydrogen) atoms. The summed E-state index contributed by atoms with van der Waals surface area (Å²) in [4.78, 5) is 0.216. The minimum Gasteiger partial charge on any atom is -0.397 e. The number of nitrogen functional groups attached to an aromatic ring is 1. The van der Waals surface area contributed by atoms with Gasteiger partial charge < -0.3 is 5.73 Å². The molecule has 1 saturated carbocycles. The average molecular weight is 275 g/mol. The third kappa shape index (κ3) is 2.41. The maximum Gasteiger partial charge on any atom is 0.243 e. The summed E-state index contributed by atoms with van der Waals surface area (Å²) in [5, 5.41) is 0.374. The van der Waals surface area contributed by atoms with Gasteiger partial charge in [-0.2, -0.15) is 4.31 Å². The molecule has 0 unspecified atom stereocenters. The first-order chi connectivity index (χ1) is 7.96. The summed E-state index contributed by atoms with van der Waals surface area (Å²) < 4.78 is 26.2. The average Bonchev–Trinajstić information content (AvgIpc) is 3.07. The molecule has 1 aliphatic carbocycles. The lowest BCUT2D eigenvalue weighted by atomic mass is 10.3. The van der Waals surface area contributed by atoms with Crippen LogP contribution in [-0.2, 0) is 10.0 Å². The second-order valence-corrected chi connectivity index (χ2v) is 6.42. The van der Waals surface area contributed by atoms with E-state index in [4.69, 9.17) is 17.3 Å². The minimum absolute atomic E-state index is 0.155. The lowest BCUT2D eigenvalue weighted by molar-refractivity contribution is 0.421. The Labute approximate surface area is 106 Å². The predicted octanol–water partition coefficient (Wildman–Crippen LogP) is 2.10. The molecule has 0 radical (unpaired) electrons. The number of rotatable bonds is 4. The van der Waals surface area contributed by atoms with Crippen LogP contribution in [0, 0.1) is 0 Å². The van der Waals surface area contributed by atoms with Gasteiger partial charge >= 0.3 is 0 Å². The van der Waals surface area contributed by atoms with Crippen molar-refractivity contribution in [2.75, 3.05) is 12.3 Å². The van der Waals surface area contributed by atoms with E-state index in [1.807, 2.05) is 6.92 Å². The lowest BCUT2D eigenvalue weighted by Crippen LogP contribution is -2.32. The molecule has 2 N–H and O–H groups in total. The van der Waals surface area contributed by atoms with Crippen LogP contribution in [0.4, 0.5) is 5.69 Å². The summed E-state index contributed by atoms with van der Waals surface area (Å²) in [6.45, 7) is 2.32. The fourth-order valence-corrected chi connectivity index (χ4v) is 3.65. The van der Waals surface area contributed by atoms with Gasteiger partial charge in [0.1, 0.15) is 0 Å². The third-order valence-corrected chi connectivity index (χ3v) is 5.21. The summed E-state index contributed by atoms with van der Waals surface area (Å²) in [5.41, 5.74) is 5.93. The molecule has 0 amide bonds. The molecule has 1 fully saturated rings. The second kappa shape index (κ2) is 4.48. The van der Waals surface area contributed by atoms with E-state index in [0.29, 0.717) is 17.3 Å². The molecule has 0 aromatic heterocycles. The molecule has 0 bridgehead atoms. The van der Waals surface area contributed by atoms with Crippen molar-refractivity contribution in [1.82, 2.24) is 4.31 Å². The highest BCUT2D eigenvalue weighted by Gasteiger charge is 2.36. The summed E-state index contributed by atoms with van der Waals surface area (Å²) >= 11 is 5.79. The highest BCUT2D eigenvalue weighted by atomic mass is 35.5. The van der Waals surface area contributed by atoms with E-state index in [-0.39, 0.29) is 10.9 Å². The Bertz CT molecular complexity index is 526. The molecule has 0 heterocycles. The van der Waals surface area contributed by atoms with E-state index in [0.717, 1.165) is 12.8 Å². The molecular formula is C11H15ClN2O2S. The van der Waals surface area contributed by atoms with Gasteiger partial charge in [0.2, 0.25) is 10.0 Å². The molecule has 1 aromatic rings. The molecular weight excluding hydrogens is 260 g/mol. The fraction of sp³-hybridized carbons (Fsp3) is 0.455. The first kappa shape index (κ1) is 12.7. The highest BCUT2D eigenvalue weighted by molar-refractivity contribution is 7.89. The summed E-state index contributed by atoms with van der Waals surface area (Å²) in [6, 6.07) is 4.59. The Kier molecular flexibility index (Phi) is 3.34. The van der Waals surface area contributed by atoms with E-state index in [2.05, 4.69) is 0 Å². The maximum absolute atomic E-state index is 12.3. The van der Waals surface area contributed by atoms with Crippen LogP contribution in [0.3, 0.4) is 0 Å². The van der Waals surface area contributed by atoms with E-state index in [1.165, 1.54) is 22.5 Å². The van der Waals surface area contributed by atoms with Crippen molar-refractivity contribution in [3.05, 3.63) is 23.2 Å². The lowest BCUT2D eigenvalue weighted by Gasteiger charge is -2.20. The van der Waals surface area contributed by atoms with Crippen LogP contribution in [0.25, 0.3) is 0 Å². The SMILES string of the molecule is CCN(C1CC1)S(=O)(=O)c1ccc(Cl)c(N)c1. The van der Waals surface area contributed by atoms with Crippen molar-refractivity contribution in [1.29, 1.82) is 0 Å². The van der Waals surface area contributed by atoms with Gasteiger partial charge in [-0.1, -0.05) is 18.5 Å². The molecule has 0 aliphatic heterocycles. The van der Waals surface area contributed by atoms with E-state index < -0.39 is 10.0 Å². The van der Waals surface area contributed by atoms with Gasteiger partial charge in [-0.3, -0.25) is 0 Å². The van der Waals surface area contributed by atoms with Gasteiger partial charge in [0.05, 0.1) is 15.6 Å². The van der Waals surface area contributed by atoms with Crippen LogP contribution in [-0.4, -0.2) is 25.3 Å². The zero-order chi connectivity index (χ0) is 12.6. The van der Waals surface area contributed by atoms with E-state index >= 15 is 0 Å². The third-order valence-electron chi connectivity index (χ3n) is 2.84. The standard InChI is InChI=1S/C11H15ClN2O2S/c1-2-14(8-3-4-8)17(15,16)9-5-6-10(12)11(13)7-9/h5-8H,2-4,13H2,1H3. The molecule has 4 nitrogen and oxygen atoms in total. The van der Waals surface area contributed by atoms with Crippen LogP contribution in [0.2, 0.25) is 5.02 Å². The summed E-state index contributed by atoms with van der Waals surface area (Å²) in [6.07, 6.45) is 1.88. The largest absolute Gasteiger partial charge is 0.397 e. The van der Waals surface area contributed by atoms with Crippen molar-refractivity contribution in [3.8, 4) is 0 Å². The summed E-state index contributed by atoms with van der Waals surface area (Å²) in [5.74, 6) is 0. The monoisotopic (exact) mass is 274 g/mol. The van der Waals surface area contributed by atoms with E-state index in [1.54, 1.807) is 0 Å². The first-order valence-electron chi connectivity index (χ1n) is 5.53. The molecule has 2 rings (SSSR count). The minimum atomic E-state index is -3.43. The molecule has 94 valence electrons. The molecule has 6 heteroatoms. The Morgan fingerprint density at radius 2 is 2.12 bits per heavy atom. The number of hydrogen-bond acceptors (Lipinski definition) is 3. The number of sulfonamides is 1. The van der Waals surface area contributed by atoms with Crippen LogP contribution in [0.15, 0.2) is 23.1 Å². The molecule has 0 atom stereocenters. The van der Waals surface area contributed by atoms with Crippen molar-refractivity contribution < 1.29 is 8.42 Å². The van der Waals surface area contributed by atoms with Crippen LogP contribution < -0.4 is 5.73 Å². The Morgan fingerprint density at radius 1 is 1.47 bits per heavy atom. The zero-order valence-corrected chi connectivity index (χ0v) is 11.1. The van der Waals surface area contributed by atoms with Gasteiger partial charge in [0, 0.05) is 12.6 Å². The first-order valence-corrected chi connectivity index (χ1v) is 7.35. The Hall–Kier alpha value is -0.780. The Balaban J connectivity index is 2.39. The van der Waals surface area contributed by atoms with Gasteiger partial charge in [-0.15, -0.1) is 0 Å². The topological polar surface area (TPSA) is 63.4 Å². The maximum atomic E-state index is 12.3. The van der Waals surface area contributed by atoms with Gasteiger partial charge in [0.25, 0.3) is 0 Å². The molecule has 0 saturated heterocycles. The fourth-order valence-electron chi connectivity index (χ4n) is 1.80. The highest BCUT2D eigenvalue weighted by Crippen LogP contribution is 2.32. The van der Waals surface area contributed by atoms with Gasteiger partial charge in [-0.05, 0) is 31.0 Å². The number of nitrogens with two attached hydrogens (primary N) is 1. The summed E-state index contributed by atoms with van der Waals surface area (Å²) in [7, 11) is -3.43.